The smallest absolute Gasteiger partial charge is 0.339 e. The van der Waals surface area contributed by atoms with E-state index >= 15 is 0 Å². The van der Waals surface area contributed by atoms with Gasteiger partial charge in [0.25, 0.3) is 0 Å². The Morgan fingerprint density at radius 1 is 1.28 bits per heavy atom. The standard InChI is InChI=1S/C14H14N2O2/c1-10-4-6-11(7-5-10)9-16-13-12(14(17)18)3-2-8-15-13/h2-8H,9H2,1H3,(H,15,16)(H,17,18). The van der Waals surface area contributed by atoms with E-state index in [1.54, 1.807) is 12.3 Å². The van der Waals surface area contributed by atoms with Crippen molar-refractivity contribution in [3.8, 4) is 0 Å². The van der Waals surface area contributed by atoms with Crippen molar-refractivity contribution in [2.75, 3.05) is 5.32 Å². The van der Waals surface area contributed by atoms with Gasteiger partial charge in [0.2, 0.25) is 0 Å². The van der Waals surface area contributed by atoms with Gasteiger partial charge in [-0.2, -0.15) is 0 Å². The third kappa shape index (κ3) is 2.85. The number of anilines is 1. The Hall–Kier alpha value is -2.36. The molecule has 0 spiro atoms. The van der Waals surface area contributed by atoms with Gasteiger partial charge in [-0.1, -0.05) is 29.8 Å². The van der Waals surface area contributed by atoms with Crippen LogP contribution in [0, 0.1) is 6.92 Å². The maximum absolute atomic E-state index is 11.0. The van der Waals surface area contributed by atoms with E-state index in [-0.39, 0.29) is 5.56 Å². The van der Waals surface area contributed by atoms with Crippen LogP contribution in [0.5, 0.6) is 0 Å². The van der Waals surface area contributed by atoms with Gasteiger partial charge in [0.05, 0.1) is 0 Å². The van der Waals surface area contributed by atoms with Crippen molar-refractivity contribution in [1.82, 2.24) is 4.98 Å². The molecule has 0 aliphatic heterocycles. The van der Waals surface area contributed by atoms with E-state index in [1.807, 2.05) is 31.2 Å². The van der Waals surface area contributed by atoms with Gasteiger partial charge in [-0.05, 0) is 24.6 Å². The minimum Gasteiger partial charge on any atom is -0.478 e. The number of aryl methyl sites for hydroxylation is 1. The summed E-state index contributed by atoms with van der Waals surface area (Å²) in [5.41, 5.74) is 2.47. The molecule has 0 aliphatic rings. The topological polar surface area (TPSA) is 62.2 Å². The number of aromatic carboxylic acids is 1. The first-order chi connectivity index (χ1) is 8.66. The molecule has 1 aromatic carbocycles. The molecular formula is C14H14N2O2. The Kier molecular flexibility index (Phi) is 3.57. The molecule has 0 saturated heterocycles. The molecule has 0 fully saturated rings. The number of hydrogen-bond acceptors (Lipinski definition) is 3. The van der Waals surface area contributed by atoms with Crippen LogP contribution in [0.25, 0.3) is 0 Å². The highest BCUT2D eigenvalue weighted by atomic mass is 16.4. The molecule has 0 amide bonds. The molecule has 4 nitrogen and oxygen atoms in total. The Labute approximate surface area is 105 Å². The number of carboxylic acids is 1. The van der Waals surface area contributed by atoms with Crippen LogP contribution in [0.4, 0.5) is 5.82 Å². The molecule has 0 atom stereocenters. The van der Waals surface area contributed by atoms with E-state index in [0.29, 0.717) is 12.4 Å². The monoisotopic (exact) mass is 242 g/mol. The lowest BCUT2D eigenvalue weighted by Crippen LogP contribution is -2.07. The largest absolute Gasteiger partial charge is 0.478 e. The maximum atomic E-state index is 11.0. The van der Waals surface area contributed by atoms with E-state index in [9.17, 15) is 4.79 Å². The van der Waals surface area contributed by atoms with Crippen molar-refractivity contribution in [3.05, 3.63) is 59.3 Å². The number of benzene rings is 1. The molecule has 2 rings (SSSR count). The zero-order valence-corrected chi connectivity index (χ0v) is 10.1. The average molecular weight is 242 g/mol. The zero-order valence-electron chi connectivity index (χ0n) is 10.1. The summed E-state index contributed by atoms with van der Waals surface area (Å²) >= 11 is 0. The Morgan fingerprint density at radius 2 is 2.00 bits per heavy atom. The van der Waals surface area contributed by atoms with Crippen LogP contribution in [0.3, 0.4) is 0 Å². The Bertz CT molecular complexity index is 550. The highest BCUT2D eigenvalue weighted by Crippen LogP contribution is 2.13. The highest BCUT2D eigenvalue weighted by molar-refractivity contribution is 5.92. The predicted molar refractivity (Wildman–Crippen MR) is 69.7 cm³/mol. The average Bonchev–Trinajstić information content (AvgIpc) is 2.38. The van der Waals surface area contributed by atoms with Gasteiger partial charge in [0, 0.05) is 12.7 Å². The van der Waals surface area contributed by atoms with E-state index in [2.05, 4.69) is 10.3 Å². The zero-order chi connectivity index (χ0) is 13.0. The Morgan fingerprint density at radius 3 is 2.67 bits per heavy atom. The quantitative estimate of drug-likeness (QED) is 0.865. The number of pyridine rings is 1. The normalized spacial score (nSPS) is 10.1. The molecule has 4 heteroatoms. The minimum absolute atomic E-state index is 0.185. The van der Waals surface area contributed by atoms with Crippen LogP contribution >= 0.6 is 0 Å². The summed E-state index contributed by atoms with van der Waals surface area (Å²) in [4.78, 5) is 15.0. The number of hydrogen-bond donors (Lipinski definition) is 2. The molecule has 0 saturated carbocycles. The van der Waals surface area contributed by atoms with Crippen molar-refractivity contribution in [3.63, 3.8) is 0 Å². The fourth-order valence-electron chi connectivity index (χ4n) is 1.61. The summed E-state index contributed by atoms with van der Waals surface area (Å²) in [6, 6.07) is 11.2. The van der Waals surface area contributed by atoms with Crippen molar-refractivity contribution in [2.24, 2.45) is 0 Å². The number of rotatable bonds is 4. The first kappa shape index (κ1) is 12.1. The summed E-state index contributed by atoms with van der Waals surface area (Å²) in [6.45, 7) is 2.58. The van der Waals surface area contributed by atoms with Crippen LogP contribution in [0.2, 0.25) is 0 Å². The Balaban J connectivity index is 2.10. The van der Waals surface area contributed by atoms with Crippen molar-refractivity contribution < 1.29 is 9.90 Å². The number of nitrogens with zero attached hydrogens (tertiary/aromatic N) is 1. The summed E-state index contributed by atoms with van der Waals surface area (Å²) in [5, 5.41) is 12.1. The number of carbonyl (C=O) groups is 1. The van der Waals surface area contributed by atoms with Crippen LogP contribution < -0.4 is 5.32 Å². The van der Waals surface area contributed by atoms with Crippen LogP contribution in [0.15, 0.2) is 42.6 Å². The first-order valence-corrected chi connectivity index (χ1v) is 5.64. The van der Waals surface area contributed by atoms with E-state index < -0.39 is 5.97 Å². The van der Waals surface area contributed by atoms with Gasteiger partial charge in [0.15, 0.2) is 0 Å². The van der Waals surface area contributed by atoms with E-state index in [0.717, 1.165) is 5.56 Å². The third-order valence-corrected chi connectivity index (χ3v) is 2.62. The molecule has 1 heterocycles. The molecule has 2 N–H and O–H groups in total. The molecule has 2 aromatic rings. The minimum atomic E-state index is -0.977. The molecule has 18 heavy (non-hydrogen) atoms. The lowest BCUT2D eigenvalue weighted by molar-refractivity contribution is 0.0697. The lowest BCUT2D eigenvalue weighted by Gasteiger charge is -2.08. The maximum Gasteiger partial charge on any atom is 0.339 e. The fourth-order valence-corrected chi connectivity index (χ4v) is 1.61. The molecule has 0 radical (unpaired) electrons. The van der Waals surface area contributed by atoms with E-state index in [4.69, 9.17) is 5.11 Å². The fraction of sp³-hybridized carbons (Fsp3) is 0.143. The summed E-state index contributed by atoms with van der Waals surface area (Å²) in [6.07, 6.45) is 1.57. The van der Waals surface area contributed by atoms with Gasteiger partial charge >= 0.3 is 5.97 Å². The van der Waals surface area contributed by atoms with Gasteiger partial charge < -0.3 is 10.4 Å². The number of aromatic nitrogens is 1. The van der Waals surface area contributed by atoms with Gasteiger partial charge in [-0.15, -0.1) is 0 Å². The van der Waals surface area contributed by atoms with Crippen molar-refractivity contribution in [1.29, 1.82) is 0 Å². The van der Waals surface area contributed by atoms with Crippen LogP contribution in [0.1, 0.15) is 21.5 Å². The van der Waals surface area contributed by atoms with Gasteiger partial charge in [0.1, 0.15) is 11.4 Å². The van der Waals surface area contributed by atoms with Crippen LogP contribution in [-0.4, -0.2) is 16.1 Å². The highest BCUT2D eigenvalue weighted by Gasteiger charge is 2.09. The molecule has 0 bridgehead atoms. The number of nitrogens with one attached hydrogen (secondary N) is 1. The van der Waals surface area contributed by atoms with E-state index in [1.165, 1.54) is 11.6 Å². The molecule has 0 aliphatic carbocycles. The summed E-state index contributed by atoms with van der Waals surface area (Å²) in [5.74, 6) is -0.583. The number of carboxylic acid groups (broad SMARTS) is 1. The summed E-state index contributed by atoms with van der Waals surface area (Å²) in [7, 11) is 0. The predicted octanol–water partition coefficient (Wildman–Crippen LogP) is 2.70. The van der Waals surface area contributed by atoms with Crippen molar-refractivity contribution >= 4 is 11.8 Å². The second kappa shape index (κ2) is 5.31. The first-order valence-electron chi connectivity index (χ1n) is 5.64. The second-order valence-electron chi connectivity index (χ2n) is 4.04. The molecular weight excluding hydrogens is 228 g/mol. The second-order valence-corrected chi connectivity index (χ2v) is 4.04. The van der Waals surface area contributed by atoms with Crippen LogP contribution in [-0.2, 0) is 6.54 Å². The van der Waals surface area contributed by atoms with Crippen molar-refractivity contribution in [2.45, 2.75) is 13.5 Å². The van der Waals surface area contributed by atoms with Gasteiger partial charge in [-0.25, -0.2) is 9.78 Å². The molecule has 0 unspecified atom stereocenters. The third-order valence-electron chi connectivity index (χ3n) is 2.62. The lowest BCUT2D eigenvalue weighted by atomic mass is 10.1. The summed E-state index contributed by atoms with van der Waals surface area (Å²) < 4.78 is 0. The SMILES string of the molecule is Cc1ccc(CNc2ncccc2C(=O)O)cc1. The molecule has 1 aromatic heterocycles. The van der Waals surface area contributed by atoms with Gasteiger partial charge in [-0.3, -0.25) is 0 Å². The molecule has 92 valence electrons.